The Labute approximate surface area is 113 Å². The first-order valence-corrected chi connectivity index (χ1v) is 5.86. The molecular formula is C12H12N2O6. The molecule has 1 saturated heterocycles. The highest BCUT2D eigenvalue weighted by Gasteiger charge is 2.33. The minimum absolute atomic E-state index is 0.0615. The molecule has 8 heteroatoms. The number of benzene rings is 1. The third-order valence-corrected chi connectivity index (χ3v) is 3.00. The second-order valence-corrected chi connectivity index (χ2v) is 4.23. The summed E-state index contributed by atoms with van der Waals surface area (Å²) in [5, 5.41) is 19.6. The van der Waals surface area contributed by atoms with E-state index in [9.17, 15) is 19.7 Å². The first kappa shape index (κ1) is 13.9. The smallest absolute Gasteiger partial charge is 0.328 e. The van der Waals surface area contributed by atoms with Gasteiger partial charge in [-0.05, 0) is 12.1 Å². The van der Waals surface area contributed by atoms with Gasteiger partial charge in [-0.25, -0.2) is 4.79 Å². The van der Waals surface area contributed by atoms with Crippen LogP contribution in [0.4, 0.5) is 5.69 Å². The average Bonchev–Trinajstić information content (AvgIpc) is 2.46. The number of nitrogens with zero attached hydrogens (tertiary/aromatic N) is 2. The number of nitro benzene ring substituents is 1. The Morgan fingerprint density at radius 1 is 1.35 bits per heavy atom. The van der Waals surface area contributed by atoms with E-state index in [0.29, 0.717) is 0 Å². The lowest BCUT2D eigenvalue weighted by Crippen LogP contribution is -2.52. The lowest BCUT2D eigenvalue weighted by Gasteiger charge is -2.32. The van der Waals surface area contributed by atoms with Crippen molar-refractivity contribution in [2.75, 3.05) is 19.8 Å². The predicted octanol–water partition coefficient (Wildman–Crippen LogP) is 0.520. The fraction of sp³-hybridized carbons (Fsp3) is 0.333. The molecule has 1 aliphatic heterocycles. The van der Waals surface area contributed by atoms with Gasteiger partial charge < -0.3 is 14.7 Å². The summed E-state index contributed by atoms with van der Waals surface area (Å²) in [5.74, 6) is -1.62. The molecular weight excluding hydrogens is 268 g/mol. The van der Waals surface area contributed by atoms with Crippen molar-refractivity contribution in [3.63, 3.8) is 0 Å². The molecule has 1 heterocycles. The van der Waals surface area contributed by atoms with E-state index in [4.69, 9.17) is 9.84 Å². The fourth-order valence-corrected chi connectivity index (χ4v) is 1.94. The zero-order valence-electron chi connectivity index (χ0n) is 10.4. The highest BCUT2D eigenvalue weighted by Crippen LogP contribution is 2.16. The van der Waals surface area contributed by atoms with Crippen molar-refractivity contribution in [2.45, 2.75) is 6.04 Å². The molecule has 1 aromatic rings. The van der Waals surface area contributed by atoms with E-state index < -0.39 is 22.8 Å². The van der Waals surface area contributed by atoms with Crippen LogP contribution >= 0.6 is 0 Å². The molecule has 8 nitrogen and oxygen atoms in total. The van der Waals surface area contributed by atoms with Crippen LogP contribution in [-0.2, 0) is 9.53 Å². The topological polar surface area (TPSA) is 110 Å². The minimum Gasteiger partial charge on any atom is -0.480 e. The molecule has 0 saturated carbocycles. The van der Waals surface area contributed by atoms with Crippen LogP contribution in [0.25, 0.3) is 0 Å². The number of amides is 1. The molecule has 1 atom stereocenters. The number of ether oxygens (including phenoxy) is 1. The van der Waals surface area contributed by atoms with Crippen LogP contribution in [0, 0.1) is 10.1 Å². The Morgan fingerprint density at radius 2 is 2.00 bits per heavy atom. The van der Waals surface area contributed by atoms with E-state index in [1.807, 2.05) is 0 Å². The van der Waals surface area contributed by atoms with E-state index in [1.165, 1.54) is 29.2 Å². The standard InChI is InChI=1S/C12H12N2O6/c15-11(8-1-3-9(4-2-8)14(18)19)13-5-6-20-7-10(13)12(16)17/h1-4,10H,5-7H2,(H,16,17). The molecule has 1 fully saturated rings. The first-order valence-electron chi connectivity index (χ1n) is 5.86. The van der Waals surface area contributed by atoms with Crippen molar-refractivity contribution in [1.29, 1.82) is 0 Å². The molecule has 0 bridgehead atoms. The molecule has 20 heavy (non-hydrogen) atoms. The number of hydrogen-bond acceptors (Lipinski definition) is 5. The van der Waals surface area contributed by atoms with Crippen molar-refractivity contribution in [3.05, 3.63) is 39.9 Å². The normalized spacial score (nSPS) is 18.6. The van der Waals surface area contributed by atoms with Crippen LogP contribution < -0.4 is 0 Å². The van der Waals surface area contributed by atoms with Crippen molar-refractivity contribution in [1.82, 2.24) is 4.90 Å². The van der Waals surface area contributed by atoms with Gasteiger partial charge in [-0.3, -0.25) is 14.9 Å². The zero-order valence-corrected chi connectivity index (χ0v) is 10.4. The first-order chi connectivity index (χ1) is 9.50. The summed E-state index contributed by atoms with van der Waals surface area (Å²) in [7, 11) is 0. The van der Waals surface area contributed by atoms with Gasteiger partial charge in [-0.2, -0.15) is 0 Å². The second-order valence-electron chi connectivity index (χ2n) is 4.23. The van der Waals surface area contributed by atoms with Gasteiger partial charge in [0.2, 0.25) is 0 Å². The maximum atomic E-state index is 12.2. The molecule has 2 rings (SSSR count). The number of carboxylic acids is 1. The van der Waals surface area contributed by atoms with Gasteiger partial charge in [0.15, 0.2) is 6.04 Å². The molecule has 0 radical (unpaired) electrons. The lowest BCUT2D eigenvalue weighted by atomic mass is 10.1. The van der Waals surface area contributed by atoms with Crippen LogP contribution in [-0.4, -0.2) is 52.6 Å². The Hall–Kier alpha value is -2.48. The minimum atomic E-state index is -1.14. The van der Waals surface area contributed by atoms with Gasteiger partial charge >= 0.3 is 5.97 Å². The van der Waals surface area contributed by atoms with Crippen molar-refractivity contribution < 1.29 is 24.4 Å². The van der Waals surface area contributed by atoms with Crippen molar-refractivity contribution in [3.8, 4) is 0 Å². The number of carboxylic acid groups (broad SMARTS) is 1. The molecule has 1 amide bonds. The fourth-order valence-electron chi connectivity index (χ4n) is 1.94. The third kappa shape index (κ3) is 2.75. The van der Waals surface area contributed by atoms with Crippen LogP contribution in [0.15, 0.2) is 24.3 Å². The summed E-state index contributed by atoms with van der Waals surface area (Å²) in [4.78, 5) is 34.5. The Kier molecular flexibility index (Phi) is 3.94. The number of hydrogen-bond donors (Lipinski definition) is 1. The van der Waals surface area contributed by atoms with Gasteiger partial charge in [0, 0.05) is 24.2 Å². The highest BCUT2D eigenvalue weighted by molar-refractivity contribution is 5.97. The van der Waals surface area contributed by atoms with Gasteiger partial charge in [-0.1, -0.05) is 0 Å². The number of carbonyl (C=O) groups is 2. The van der Waals surface area contributed by atoms with Crippen molar-refractivity contribution >= 4 is 17.6 Å². The summed E-state index contributed by atoms with van der Waals surface area (Å²) >= 11 is 0. The maximum Gasteiger partial charge on any atom is 0.328 e. The monoisotopic (exact) mass is 280 g/mol. The zero-order chi connectivity index (χ0) is 14.7. The van der Waals surface area contributed by atoms with Crippen LogP contribution in [0.3, 0.4) is 0 Å². The Bertz CT molecular complexity index is 541. The highest BCUT2D eigenvalue weighted by atomic mass is 16.6. The number of carbonyl (C=O) groups excluding carboxylic acids is 1. The maximum absolute atomic E-state index is 12.2. The molecule has 1 aromatic carbocycles. The average molecular weight is 280 g/mol. The van der Waals surface area contributed by atoms with E-state index in [2.05, 4.69) is 0 Å². The Morgan fingerprint density at radius 3 is 2.55 bits per heavy atom. The van der Waals surface area contributed by atoms with E-state index in [0.717, 1.165) is 0 Å². The van der Waals surface area contributed by atoms with E-state index >= 15 is 0 Å². The molecule has 1 N–H and O–H groups in total. The summed E-state index contributed by atoms with van der Waals surface area (Å²) < 4.78 is 5.05. The van der Waals surface area contributed by atoms with Gasteiger partial charge in [0.25, 0.3) is 11.6 Å². The Balaban J connectivity index is 2.20. The number of morpholine rings is 1. The molecule has 0 spiro atoms. The van der Waals surface area contributed by atoms with Crippen LogP contribution in [0.1, 0.15) is 10.4 Å². The van der Waals surface area contributed by atoms with Crippen LogP contribution in [0.2, 0.25) is 0 Å². The molecule has 1 unspecified atom stereocenters. The third-order valence-electron chi connectivity index (χ3n) is 3.00. The molecule has 0 aromatic heterocycles. The molecule has 1 aliphatic rings. The molecule has 106 valence electrons. The van der Waals surface area contributed by atoms with Crippen LogP contribution in [0.5, 0.6) is 0 Å². The van der Waals surface area contributed by atoms with Gasteiger partial charge in [-0.15, -0.1) is 0 Å². The summed E-state index contributed by atoms with van der Waals surface area (Å²) in [6, 6.07) is 4.02. The van der Waals surface area contributed by atoms with Gasteiger partial charge in [0.1, 0.15) is 0 Å². The number of aliphatic carboxylic acids is 1. The summed E-state index contributed by atoms with van der Waals surface area (Å²) in [5.41, 5.74) is 0.0852. The number of rotatable bonds is 3. The second kappa shape index (κ2) is 5.66. The van der Waals surface area contributed by atoms with Crippen molar-refractivity contribution in [2.24, 2.45) is 0 Å². The number of nitro groups is 1. The predicted molar refractivity (Wildman–Crippen MR) is 66.4 cm³/mol. The summed E-state index contributed by atoms with van der Waals surface area (Å²) in [6.45, 7) is 0.378. The van der Waals surface area contributed by atoms with E-state index in [1.54, 1.807) is 0 Å². The van der Waals surface area contributed by atoms with Gasteiger partial charge in [0.05, 0.1) is 18.1 Å². The largest absolute Gasteiger partial charge is 0.480 e. The quantitative estimate of drug-likeness (QED) is 0.638. The summed E-state index contributed by atoms with van der Waals surface area (Å²) in [6.07, 6.45) is 0. The molecule has 0 aliphatic carbocycles. The lowest BCUT2D eigenvalue weighted by molar-refractivity contribution is -0.384. The van der Waals surface area contributed by atoms with E-state index in [-0.39, 0.29) is 31.0 Å². The number of non-ortho nitro benzene ring substituents is 1. The SMILES string of the molecule is O=C(O)C1COCCN1C(=O)c1ccc([N+](=O)[O-])cc1.